The fraction of sp³-hybridized carbons (Fsp3) is 0.150. The zero-order chi connectivity index (χ0) is 18.2. The molecule has 7 heteroatoms. The Kier molecular flexibility index (Phi) is 3.86. The fourth-order valence-electron chi connectivity index (χ4n) is 3.19. The summed E-state index contributed by atoms with van der Waals surface area (Å²) in [6.07, 6.45) is 3.84. The number of aromatic nitrogens is 3. The minimum absolute atomic E-state index is 0.109. The largest absolute Gasteiger partial charge is 0.326 e. The third kappa shape index (κ3) is 3.06. The van der Waals surface area contributed by atoms with E-state index in [1.807, 2.05) is 63.4 Å². The van der Waals surface area contributed by atoms with Crippen molar-refractivity contribution in [2.75, 3.05) is 10.2 Å². The number of carbonyl (C=O) groups is 1. The summed E-state index contributed by atoms with van der Waals surface area (Å²) in [5.41, 5.74) is 5.23. The van der Waals surface area contributed by atoms with Crippen molar-refractivity contribution < 1.29 is 4.79 Å². The molecule has 2 amide bonds. The summed E-state index contributed by atoms with van der Waals surface area (Å²) in [6, 6.07) is 15.7. The Morgan fingerprint density at radius 2 is 2.00 bits per heavy atom. The zero-order valence-corrected chi connectivity index (χ0v) is 15.3. The fourth-order valence-corrected chi connectivity index (χ4v) is 3.72. The lowest BCUT2D eigenvalue weighted by molar-refractivity contribution is 0.256. The average molecular weight is 375 g/mol. The molecule has 1 aliphatic rings. The van der Waals surface area contributed by atoms with E-state index in [1.54, 1.807) is 11.8 Å². The van der Waals surface area contributed by atoms with Crippen LogP contribution in [0.25, 0.3) is 16.9 Å². The van der Waals surface area contributed by atoms with E-state index >= 15 is 0 Å². The molecule has 0 aliphatic heterocycles. The van der Waals surface area contributed by atoms with Gasteiger partial charge in [0, 0.05) is 22.8 Å². The van der Waals surface area contributed by atoms with Gasteiger partial charge in [-0.3, -0.25) is 9.47 Å². The SMILES string of the molecule is O=C(Nc1ccc2ncn(-c3cscn3)c2c1)N(c1ccccc1)C1CC1. The van der Waals surface area contributed by atoms with Gasteiger partial charge in [0.05, 0.1) is 16.5 Å². The highest BCUT2D eigenvalue weighted by Gasteiger charge is 2.33. The maximum absolute atomic E-state index is 13.0. The first-order valence-corrected chi connectivity index (χ1v) is 9.75. The number of nitrogens with one attached hydrogen (secondary N) is 1. The van der Waals surface area contributed by atoms with Gasteiger partial charge in [-0.2, -0.15) is 0 Å². The maximum atomic E-state index is 13.0. The number of thiazole rings is 1. The van der Waals surface area contributed by atoms with Crippen LogP contribution >= 0.6 is 11.3 Å². The summed E-state index contributed by atoms with van der Waals surface area (Å²) in [4.78, 5) is 23.6. The van der Waals surface area contributed by atoms with Gasteiger partial charge in [0.15, 0.2) is 0 Å². The zero-order valence-electron chi connectivity index (χ0n) is 14.4. The van der Waals surface area contributed by atoms with Crippen molar-refractivity contribution in [2.45, 2.75) is 18.9 Å². The number of fused-ring (bicyclic) bond motifs is 1. The number of imidazole rings is 1. The highest BCUT2D eigenvalue weighted by molar-refractivity contribution is 7.07. The lowest BCUT2D eigenvalue weighted by Gasteiger charge is -2.23. The van der Waals surface area contributed by atoms with Crippen molar-refractivity contribution in [3.8, 4) is 5.82 Å². The number of nitrogens with zero attached hydrogens (tertiary/aromatic N) is 4. The van der Waals surface area contributed by atoms with Crippen molar-refractivity contribution in [3.63, 3.8) is 0 Å². The minimum Gasteiger partial charge on any atom is -0.307 e. The van der Waals surface area contributed by atoms with Crippen molar-refractivity contribution in [1.82, 2.24) is 14.5 Å². The second-order valence-corrected chi connectivity index (χ2v) is 7.25. The van der Waals surface area contributed by atoms with E-state index in [0.29, 0.717) is 0 Å². The van der Waals surface area contributed by atoms with Crippen molar-refractivity contribution in [1.29, 1.82) is 0 Å². The Labute approximate surface area is 160 Å². The average Bonchev–Trinajstić information content (AvgIpc) is 3.19. The van der Waals surface area contributed by atoms with E-state index in [0.717, 1.165) is 41.1 Å². The highest BCUT2D eigenvalue weighted by atomic mass is 32.1. The Balaban J connectivity index is 1.45. The second kappa shape index (κ2) is 6.51. The first-order valence-electron chi connectivity index (χ1n) is 8.80. The molecule has 134 valence electrons. The van der Waals surface area contributed by atoms with Crippen LogP contribution in [0.1, 0.15) is 12.8 Å². The van der Waals surface area contributed by atoms with Crippen LogP contribution in [0.2, 0.25) is 0 Å². The van der Waals surface area contributed by atoms with Crippen molar-refractivity contribution in [2.24, 2.45) is 0 Å². The number of para-hydroxylation sites is 1. The maximum Gasteiger partial charge on any atom is 0.326 e. The van der Waals surface area contributed by atoms with E-state index in [1.165, 1.54) is 11.3 Å². The Bertz CT molecular complexity index is 1090. The first-order chi connectivity index (χ1) is 13.3. The lowest BCUT2D eigenvalue weighted by Crippen LogP contribution is -2.36. The van der Waals surface area contributed by atoms with Crippen LogP contribution < -0.4 is 10.2 Å². The number of hydrogen-bond acceptors (Lipinski definition) is 4. The van der Waals surface area contributed by atoms with Gasteiger partial charge in [-0.25, -0.2) is 14.8 Å². The molecule has 1 saturated carbocycles. The van der Waals surface area contributed by atoms with Crippen LogP contribution in [0.4, 0.5) is 16.2 Å². The molecule has 4 aromatic rings. The molecule has 1 N–H and O–H groups in total. The molecule has 1 aliphatic carbocycles. The minimum atomic E-state index is -0.109. The van der Waals surface area contributed by atoms with Crippen LogP contribution in [-0.4, -0.2) is 26.6 Å². The van der Waals surface area contributed by atoms with Gasteiger partial charge < -0.3 is 5.32 Å². The third-order valence-electron chi connectivity index (χ3n) is 4.63. The van der Waals surface area contributed by atoms with Crippen LogP contribution in [0.15, 0.2) is 65.7 Å². The Hall–Kier alpha value is -3.19. The van der Waals surface area contributed by atoms with Crippen LogP contribution in [0.5, 0.6) is 0 Å². The van der Waals surface area contributed by atoms with E-state index in [2.05, 4.69) is 15.3 Å². The van der Waals surface area contributed by atoms with Gasteiger partial charge in [-0.05, 0) is 43.2 Å². The van der Waals surface area contributed by atoms with Gasteiger partial charge in [-0.15, -0.1) is 11.3 Å². The summed E-state index contributed by atoms with van der Waals surface area (Å²) < 4.78 is 1.93. The van der Waals surface area contributed by atoms with Gasteiger partial charge >= 0.3 is 6.03 Å². The molecule has 2 aromatic heterocycles. The molecule has 0 saturated heterocycles. The molecule has 2 heterocycles. The van der Waals surface area contributed by atoms with Crippen molar-refractivity contribution >= 4 is 39.8 Å². The smallest absolute Gasteiger partial charge is 0.307 e. The molecule has 0 atom stereocenters. The molecular formula is C20H17N5OS. The molecule has 0 radical (unpaired) electrons. The summed E-state index contributed by atoms with van der Waals surface area (Å²) in [5, 5.41) is 5.01. The molecule has 27 heavy (non-hydrogen) atoms. The third-order valence-corrected chi connectivity index (χ3v) is 5.20. The summed E-state index contributed by atoms with van der Waals surface area (Å²) >= 11 is 1.54. The van der Waals surface area contributed by atoms with Crippen LogP contribution in [0, 0.1) is 0 Å². The predicted molar refractivity (Wildman–Crippen MR) is 108 cm³/mol. The number of anilines is 2. The molecule has 0 bridgehead atoms. The van der Waals surface area contributed by atoms with Crippen molar-refractivity contribution in [3.05, 3.63) is 65.7 Å². The van der Waals surface area contributed by atoms with Gasteiger partial charge in [0.25, 0.3) is 0 Å². The Morgan fingerprint density at radius 1 is 1.15 bits per heavy atom. The topological polar surface area (TPSA) is 63.1 Å². The van der Waals surface area contributed by atoms with Gasteiger partial charge in [-0.1, -0.05) is 18.2 Å². The molecule has 2 aromatic carbocycles. The summed E-state index contributed by atoms with van der Waals surface area (Å²) in [5.74, 6) is 0.829. The number of urea groups is 1. The number of amides is 2. The van der Waals surface area contributed by atoms with Crippen LogP contribution in [-0.2, 0) is 0 Å². The molecule has 0 spiro atoms. The second-order valence-electron chi connectivity index (χ2n) is 6.53. The first kappa shape index (κ1) is 16.0. The number of rotatable bonds is 4. The summed E-state index contributed by atoms with van der Waals surface area (Å²) in [7, 11) is 0. The van der Waals surface area contributed by atoms with E-state index in [9.17, 15) is 4.79 Å². The normalized spacial score (nSPS) is 13.6. The number of hydrogen-bond donors (Lipinski definition) is 1. The monoisotopic (exact) mass is 375 g/mol. The highest BCUT2D eigenvalue weighted by Crippen LogP contribution is 2.32. The van der Waals surface area contributed by atoms with E-state index in [4.69, 9.17) is 0 Å². The molecule has 6 nitrogen and oxygen atoms in total. The quantitative estimate of drug-likeness (QED) is 0.563. The van der Waals surface area contributed by atoms with Gasteiger partial charge in [0.1, 0.15) is 12.1 Å². The standard InChI is InChI=1S/C20H17N5OS/c26-20(25(16-7-8-16)15-4-2-1-3-5-15)23-14-6-9-17-18(10-14)24(12-21-17)19-11-27-13-22-19/h1-6,9-13,16H,7-8H2,(H,23,26). The number of carbonyl (C=O) groups excluding carboxylic acids is 1. The van der Waals surface area contributed by atoms with Gasteiger partial charge in [0.2, 0.25) is 0 Å². The molecular weight excluding hydrogens is 358 g/mol. The number of benzene rings is 2. The lowest BCUT2D eigenvalue weighted by atomic mass is 10.2. The molecule has 5 rings (SSSR count). The predicted octanol–water partition coefficient (Wildman–Crippen LogP) is 4.68. The Morgan fingerprint density at radius 3 is 2.74 bits per heavy atom. The van der Waals surface area contributed by atoms with E-state index < -0.39 is 0 Å². The molecule has 0 unspecified atom stereocenters. The molecule has 1 fully saturated rings. The summed E-state index contributed by atoms with van der Waals surface area (Å²) in [6.45, 7) is 0. The van der Waals surface area contributed by atoms with E-state index in [-0.39, 0.29) is 12.1 Å². The van der Waals surface area contributed by atoms with Crippen LogP contribution in [0.3, 0.4) is 0 Å².